The maximum Gasteiger partial charge on any atom is 0.124 e. The smallest absolute Gasteiger partial charge is 0.124 e. The van der Waals surface area contributed by atoms with Crippen molar-refractivity contribution in [1.29, 1.82) is 0 Å². The zero-order valence-corrected chi connectivity index (χ0v) is 11.6. The first-order valence-corrected chi connectivity index (χ1v) is 7.21. The van der Waals surface area contributed by atoms with Gasteiger partial charge < -0.3 is 10.5 Å². The molecule has 2 N–H and O–H groups in total. The Morgan fingerprint density at radius 3 is 2.56 bits per heavy atom. The molecule has 100 valence electrons. The molecule has 0 aliphatic heterocycles. The Balaban J connectivity index is 2.04. The van der Waals surface area contributed by atoms with Crippen LogP contribution in [0.4, 0.5) is 0 Å². The molecule has 1 saturated carbocycles. The molecule has 0 amide bonds. The van der Waals surface area contributed by atoms with Crippen LogP contribution in [0.5, 0.6) is 5.75 Å². The van der Waals surface area contributed by atoms with Crippen molar-refractivity contribution in [3.05, 3.63) is 29.8 Å². The Labute approximate surface area is 111 Å². The fraction of sp³-hybridized carbons (Fsp3) is 0.625. The second kappa shape index (κ2) is 6.24. The van der Waals surface area contributed by atoms with E-state index in [0.717, 1.165) is 23.7 Å². The highest BCUT2D eigenvalue weighted by atomic mass is 16.5. The number of para-hydroxylation sites is 1. The molecule has 2 heteroatoms. The molecule has 0 bridgehead atoms. The molecule has 0 spiro atoms. The van der Waals surface area contributed by atoms with Crippen LogP contribution in [0.15, 0.2) is 24.3 Å². The molecular formula is C16H25NO. The minimum atomic E-state index is 0.0868. The van der Waals surface area contributed by atoms with Crippen LogP contribution < -0.4 is 10.5 Å². The normalized spacial score (nSPS) is 25.7. The number of rotatable bonds is 4. The van der Waals surface area contributed by atoms with Crippen LogP contribution in [0.3, 0.4) is 0 Å². The Morgan fingerprint density at radius 1 is 1.22 bits per heavy atom. The molecule has 1 atom stereocenters. The zero-order valence-electron chi connectivity index (χ0n) is 11.6. The lowest BCUT2D eigenvalue weighted by Gasteiger charge is -2.28. The summed E-state index contributed by atoms with van der Waals surface area (Å²) in [5.74, 6) is 1.85. The summed E-state index contributed by atoms with van der Waals surface area (Å²) in [5, 5.41) is 0. The molecule has 1 aromatic rings. The summed E-state index contributed by atoms with van der Waals surface area (Å²) in [5.41, 5.74) is 7.29. The van der Waals surface area contributed by atoms with Crippen LogP contribution in [-0.2, 0) is 0 Å². The molecule has 1 fully saturated rings. The van der Waals surface area contributed by atoms with Gasteiger partial charge in [0.15, 0.2) is 0 Å². The van der Waals surface area contributed by atoms with Gasteiger partial charge in [-0.1, -0.05) is 32.0 Å². The van der Waals surface area contributed by atoms with Gasteiger partial charge in [-0.3, -0.25) is 0 Å². The Hall–Kier alpha value is -1.02. The molecule has 1 aromatic carbocycles. The summed E-state index contributed by atoms with van der Waals surface area (Å²) in [6.07, 6.45) is 6.25. The first kappa shape index (κ1) is 13.4. The van der Waals surface area contributed by atoms with Gasteiger partial charge in [0.2, 0.25) is 0 Å². The summed E-state index contributed by atoms with van der Waals surface area (Å²) in [6.45, 7) is 4.45. The molecular weight excluding hydrogens is 222 g/mol. The zero-order chi connectivity index (χ0) is 13.0. The second-order valence-electron chi connectivity index (χ2n) is 5.55. The molecule has 18 heavy (non-hydrogen) atoms. The van der Waals surface area contributed by atoms with Crippen molar-refractivity contribution in [3.8, 4) is 5.75 Å². The lowest BCUT2D eigenvalue weighted by Crippen LogP contribution is -2.24. The van der Waals surface area contributed by atoms with Gasteiger partial charge in [-0.05, 0) is 44.1 Å². The van der Waals surface area contributed by atoms with Gasteiger partial charge in [-0.15, -0.1) is 0 Å². The average molecular weight is 247 g/mol. The van der Waals surface area contributed by atoms with Crippen LogP contribution in [0.1, 0.15) is 57.6 Å². The fourth-order valence-electron chi connectivity index (χ4n) is 2.64. The van der Waals surface area contributed by atoms with E-state index >= 15 is 0 Å². The molecule has 2 nitrogen and oxygen atoms in total. The third kappa shape index (κ3) is 3.26. The first-order valence-electron chi connectivity index (χ1n) is 7.21. The van der Waals surface area contributed by atoms with Crippen molar-refractivity contribution in [1.82, 2.24) is 0 Å². The maximum atomic E-state index is 6.18. The number of hydrogen-bond acceptors (Lipinski definition) is 2. The van der Waals surface area contributed by atoms with Crippen LogP contribution in [-0.4, -0.2) is 6.10 Å². The van der Waals surface area contributed by atoms with E-state index in [-0.39, 0.29) is 6.04 Å². The fourth-order valence-corrected chi connectivity index (χ4v) is 2.64. The lowest BCUT2D eigenvalue weighted by molar-refractivity contribution is 0.134. The Bertz CT molecular complexity index is 369. The van der Waals surface area contributed by atoms with Crippen molar-refractivity contribution in [2.24, 2.45) is 11.7 Å². The van der Waals surface area contributed by atoms with E-state index in [2.05, 4.69) is 26.0 Å². The average Bonchev–Trinajstić information content (AvgIpc) is 2.41. The third-order valence-corrected chi connectivity index (χ3v) is 4.01. The Kier molecular flexibility index (Phi) is 4.65. The van der Waals surface area contributed by atoms with Crippen molar-refractivity contribution in [3.63, 3.8) is 0 Å². The van der Waals surface area contributed by atoms with Crippen molar-refractivity contribution in [2.75, 3.05) is 0 Å². The van der Waals surface area contributed by atoms with Gasteiger partial charge in [0.05, 0.1) is 6.10 Å². The van der Waals surface area contributed by atoms with E-state index in [9.17, 15) is 0 Å². The topological polar surface area (TPSA) is 35.2 Å². The highest BCUT2D eigenvalue weighted by Crippen LogP contribution is 2.31. The minimum absolute atomic E-state index is 0.0868. The van der Waals surface area contributed by atoms with Crippen LogP contribution in [0, 0.1) is 5.92 Å². The van der Waals surface area contributed by atoms with E-state index in [0.29, 0.717) is 6.10 Å². The van der Waals surface area contributed by atoms with Gasteiger partial charge in [0, 0.05) is 11.6 Å². The van der Waals surface area contributed by atoms with Crippen LogP contribution >= 0.6 is 0 Å². The Morgan fingerprint density at radius 2 is 1.89 bits per heavy atom. The maximum absolute atomic E-state index is 6.18. The first-order chi connectivity index (χ1) is 8.70. The van der Waals surface area contributed by atoms with Crippen LogP contribution in [0.25, 0.3) is 0 Å². The largest absolute Gasteiger partial charge is 0.490 e. The van der Waals surface area contributed by atoms with E-state index in [1.54, 1.807) is 0 Å². The number of hydrogen-bond donors (Lipinski definition) is 1. The lowest BCUT2D eigenvalue weighted by atomic mass is 9.89. The molecule has 0 heterocycles. The van der Waals surface area contributed by atoms with Gasteiger partial charge in [0.25, 0.3) is 0 Å². The SMILES string of the molecule is CC[C@@H](N)c1ccccc1OC1CCC(C)CC1. The number of ether oxygens (including phenoxy) is 1. The quantitative estimate of drug-likeness (QED) is 0.871. The summed E-state index contributed by atoms with van der Waals surface area (Å²) in [7, 11) is 0. The summed E-state index contributed by atoms with van der Waals surface area (Å²) in [6, 6.07) is 8.31. The predicted molar refractivity (Wildman–Crippen MR) is 75.7 cm³/mol. The van der Waals surface area contributed by atoms with Crippen molar-refractivity contribution >= 4 is 0 Å². The predicted octanol–water partition coefficient (Wildman–Crippen LogP) is 4.05. The monoisotopic (exact) mass is 247 g/mol. The molecule has 0 radical (unpaired) electrons. The van der Waals surface area contributed by atoms with E-state index in [4.69, 9.17) is 10.5 Å². The highest BCUT2D eigenvalue weighted by Gasteiger charge is 2.21. The summed E-state index contributed by atoms with van der Waals surface area (Å²) in [4.78, 5) is 0. The molecule has 2 rings (SSSR count). The molecule has 1 aliphatic rings. The molecule has 0 unspecified atom stereocenters. The van der Waals surface area contributed by atoms with Crippen molar-refractivity contribution in [2.45, 2.75) is 58.1 Å². The second-order valence-corrected chi connectivity index (χ2v) is 5.55. The van der Waals surface area contributed by atoms with Gasteiger partial charge >= 0.3 is 0 Å². The molecule has 0 aromatic heterocycles. The standard InChI is InChI=1S/C16H25NO/c1-3-15(17)14-6-4-5-7-16(14)18-13-10-8-12(2)9-11-13/h4-7,12-13,15H,3,8-11,17H2,1-2H3/t12?,13?,15-/m1/s1. The van der Waals surface area contributed by atoms with Crippen molar-refractivity contribution < 1.29 is 4.74 Å². The highest BCUT2D eigenvalue weighted by molar-refractivity contribution is 5.35. The van der Waals surface area contributed by atoms with E-state index in [1.807, 2.05) is 12.1 Å². The van der Waals surface area contributed by atoms with Gasteiger partial charge in [-0.25, -0.2) is 0 Å². The number of benzene rings is 1. The van der Waals surface area contributed by atoms with Gasteiger partial charge in [0.1, 0.15) is 5.75 Å². The van der Waals surface area contributed by atoms with E-state index in [1.165, 1.54) is 25.7 Å². The van der Waals surface area contributed by atoms with Crippen LogP contribution in [0.2, 0.25) is 0 Å². The number of nitrogens with two attached hydrogens (primary N) is 1. The summed E-state index contributed by atoms with van der Waals surface area (Å²) < 4.78 is 6.18. The summed E-state index contributed by atoms with van der Waals surface area (Å²) >= 11 is 0. The third-order valence-electron chi connectivity index (χ3n) is 4.01. The molecule has 1 aliphatic carbocycles. The van der Waals surface area contributed by atoms with Gasteiger partial charge in [-0.2, -0.15) is 0 Å². The van der Waals surface area contributed by atoms with E-state index < -0.39 is 0 Å². The molecule has 0 saturated heterocycles. The minimum Gasteiger partial charge on any atom is -0.490 e.